The molecule has 2 aromatic rings. The number of carbonyl (C=O) groups is 1. The fraction of sp³-hybridized carbons (Fsp3) is 0.444. The topological polar surface area (TPSA) is 67.6 Å². The summed E-state index contributed by atoms with van der Waals surface area (Å²) >= 11 is 0. The van der Waals surface area contributed by atoms with E-state index >= 15 is 0 Å². The SMILES string of the molecule is N#CC(=CC=CC=C(c1ccc2c(c1)CCCN2C1CCCC1)c1ccc2c(c1)CCCN2C1CCCC1)C(=O)O. The first-order valence-electron chi connectivity index (χ1n) is 15.6. The number of aliphatic carboxylic acids is 1. The Morgan fingerprint density at radius 1 is 0.756 bits per heavy atom. The molecule has 2 aliphatic carbocycles. The Morgan fingerprint density at radius 3 is 1.71 bits per heavy atom. The number of anilines is 2. The number of carboxylic acid groups (broad SMARTS) is 1. The van der Waals surface area contributed by atoms with Crippen LogP contribution < -0.4 is 9.80 Å². The van der Waals surface area contributed by atoms with Crippen molar-refractivity contribution in [2.75, 3.05) is 22.9 Å². The summed E-state index contributed by atoms with van der Waals surface area (Å²) in [6.07, 6.45) is 22.1. The van der Waals surface area contributed by atoms with Crippen molar-refractivity contribution in [3.05, 3.63) is 88.5 Å². The van der Waals surface area contributed by atoms with Crippen molar-refractivity contribution in [1.82, 2.24) is 0 Å². The van der Waals surface area contributed by atoms with Gasteiger partial charge in [-0.2, -0.15) is 5.26 Å². The van der Waals surface area contributed by atoms with E-state index in [0.717, 1.165) is 31.5 Å². The van der Waals surface area contributed by atoms with Crippen molar-refractivity contribution in [2.45, 2.75) is 89.1 Å². The molecule has 2 aliphatic heterocycles. The van der Waals surface area contributed by atoms with E-state index in [0.29, 0.717) is 12.1 Å². The van der Waals surface area contributed by atoms with Crippen LogP contribution in [0.5, 0.6) is 0 Å². The van der Waals surface area contributed by atoms with E-state index in [1.165, 1.54) is 104 Å². The van der Waals surface area contributed by atoms with Gasteiger partial charge < -0.3 is 14.9 Å². The number of carboxylic acids is 1. The van der Waals surface area contributed by atoms with E-state index in [-0.39, 0.29) is 5.57 Å². The number of fused-ring (bicyclic) bond motifs is 2. The molecule has 6 rings (SSSR count). The second-order valence-electron chi connectivity index (χ2n) is 12.1. The zero-order chi connectivity index (χ0) is 28.2. The van der Waals surface area contributed by atoms with Crippen LogP contribution >= 0.6 is 0 Å². The Kier molecular flexibility index (Phi) is 8.28. The van der Waals surface area contributed by atoms with Crippen LogP contribution in [-0.2, 0) is 17.6 Å². The molecule has 0 amide bonds. The third-order valence-electron chi connectivity index (χ3n) is 9.61. The van der Waals surface area contributed by atoms with Gasteiger partial charge in [0.05, 0.1) is 0 Å². The van der Waals surface area contributed by atoms with Crippen LogP contribution in [0.2, 0.25) is 0 Å². The number of nitriles is 1. The lowest BCUT2D eigenvalue weighted by Crippen LogP contribution is -2.37. The predicted octanol–water partition coefficient (Wildman–Crippen LogP) is 7.60. The van der Waals surface area contributed by atoms with Crippen molar-refractivity contribution in [2.24, 2.45) is 0 Å². The van der Waals surface area contributed by atoms with E-state index in [1.54, 1.807) is 12.1 Å². The predicted molar refractivity (Wildman–Crippen MR) is 166 cm³/mol. The van der Waals surface area contributed by atoms with Crippen molar-refractivity contribution in [1.29, 1.82) is 5.26 Å². The molecule has 2 aromatic carbocycles. The van der Waals surface area contributed by atoms with E-state index < -0.39 is 5.97 Å². The Hall–Kier alpha value is -3.78. The van der Waals surface area contributed by atoms with Gasteiger partial charge in [0.1, 0.15) is 11.6 Å². The number of benzene rings is 2. The molecule has 1 N–H and O–H groups in total. The van der Waals surface area contributed by atoms with Crippen molar-refractivity contribution < 1.29 is 9.90 Å². The highest BCUT2D eigenvalue weighted by molar-refractivity contribution is 5.91. The molecule has 5 nitrogen and oxygen atoms in total. The average molecular weight is 548 g/mol. The Morgan fingerprint density at radius 2 is 1.24 bits per heavy atom. The molecular weight excluding hydrogens is 506 g/mol. The maximum absolute atomic E-state index is 11.3. The number of allylic oxidation sites excluding steroid dienone is 4. The zero-order valence-corrected chi connectivity index (χ0v) is 24.0. The molecule has 0 aromatic heterocycles. The van der Waals surface area contributed by atoms with Gasteiger partial charge >= 0.3 is 5.97 Å². The molecule has 2 fully saturated rings. The largest absolute Gasteiger partial charge is 0.477 e. The van der Waals surface area contributed by atoms with Gasteiger partial charge in [0.15, 0.2) is 0 Å². The lowest BCUT2D eigenvalue weighted by atomic mass is 9.89. The molecule has 0 bridgehead atoms. The maximum Gasteiger partial charge on any atom is 0.346 e. The fourth-order valence-corrected chi connectivity index (χ4v) is 7.60. The summed E-state index contributed by atoms with van der Waals surface area (Å²) in [6.45, 7) is 2.31. The summed E-state index contributed by atoms with van der Waals surface area (Å²) in [5.74, 6) is -1.20. The smallest absolute Gasteiger partial charge is 0.346 e. The lowest BCUT2D eigenvalue weighted by molar-refractivity contribution is -0.132. The van der Waals surface area contributed by atoms with Crippen molar-refractivity contribution in [3.8, 4) is 6.07 Å². The lowest BCUT2D eigenvalue weighted by Gasteiger charge is -2.37. The number of hydrogen-bond acceptors (Lipinski definition) is 4. The highest BCUT2D eigenvalue weighted by atomic mass is 16.4. The summed E-state index contributed by atoms with van der Waals surface area (Å²) in [5.41, 5.74) is 8.91. The van der Waals surface area contributed by atoms with Gasteiger partial charge in [0.2, 0.25) is 0 Å². The summed E-state index contributed by atoms with van der Waals surface area (Å²) in [6, 6.07) is 17.1. The number of rotatable bonds is 7. The average Bonchev–Trinajstić information content (AvgIpc) is 3.73. The zero-order valence-electron chi connectivity index (χ0n) is 24.0. The normalized spacial score (nSPS) is 19.7. The monoisotopic (exact) mass is 547 g/mol. The fourth-order valence-electron chi connectivity index (χ4n) is 7.60. The molecule has 0 atom stereocenters. The van der Waals surface area contributed by atoms with Gasteiger partial charge in [0, 0.05) is 36.5 Å². The number of aryl methyl sites for hydroxylation is 2. The van der Waals surface area contributed by atoms with Gasteiger partial charge in [0.25, 0.3) is 0 Å². The minimum Gasteiger partial charge on any atom is -0.477 e. The van der Waals surface area contributed by atoms with Gasteiger partial charge in [-0.05, 0) is 110 Å². The number of nitrogens with zero attached hydrogens (tertiary/aromatic N) is 3. The first-order valence-corrected chi connectivity index (χ1v) is 15.6. The molecular formula is C36H41N3O2. The van der Waals surface area contributed by atoms with Gasteiger partial charge in [-0.1, -0.05) is 56.0 Å². The van der Waals surface area contributed by atoms with Crippen LogP contribution in [0.3, 0.4) is 0 Å². The summed E-state index contributed by atoms with van der Waals surface area (Å²) in [7, 11) is 0. The van der Waals surface area contributed by atoms with E-state index in [4.69, 9.17) is 5.26 Å². The highest BCUT2D eigenvalue weighted by Gasteiger charge is 2.28. The molecule has 212 valence electrons. The van der Waals surface area contributed by atoms with Gasteiger partial charge in [-0.3, -0.25) is 0 Å². The van der Waals surface area contributed by atoms with E-state index in [2.05, 4.69) is 52.3 Å². The quantitative estimate of drug-likeness (QED) is 0.220. The molecule has 0 spiro atoms. The Bertz CT molecular complexity index is 1340. The van der Waals surface area contributed by atoms with Crippen LogP contribution in [0.4, 0.5) is 11.4 Å². The van der Waals surface area contributed by atoms with Crippen molar-refractivity contribution >= 4 is 22.9 Å². The first kappa shape index (κ1) is 27.4. The third-order valence-corrected chi connectivity index (χ3v) is 9.61. The molecule has 4 aliphatic rings. The third kappa shape index (κ3) is 5.84. The second kappa shape index (κ2) is 12.4. The summed E-state index contributed by atoms with van der Waals surface area (Å²) in [5, 5.41) is 18.3. The van der Waals surface area contributed by atoms with Crippen LogP contribution in [0.25, 0.3) is 5.57 Å². The molecule has 5 heteroatoms. The van der Waals surface area contributed by atoms with Crippen LogP contribution in [0.15, 0.2) is 66.3 Å². The van der Waals surface area contributed by atoms with Gasteiger partial charge in [-0.15, -0.1) is 0 Å². The van der Waals surface area contributed by atoms with Crippen LogP contribution in [-0.4, -0.2) is 36.2 Å². The van der Waals surface area contributed by atoms with E-state index in [9.17, 15) is 9.90 Å². The first-order chi connectivity index (χ1) is 20.1. The molecule has 0 unspecified atom stereocenters. The molecule has 0 saturated heterocycles. The summed E-state index contributed by atoms with van der Waals surface area (Å²) < 4.78 is 0. The highest BCUT2D eigenvalue weighted by Crippen LogP contribution is 2.39. The Labute approximate surface area is 244 Å². The second-order valence-corrected chi connectivity index (χ2v) is 12.1. The molecule has 2 saturated carbocycles. The minimum absolute atomic E-state index is 0.266. The Balaban J connectivity index is 1.36. The maximum atomic E-state index is 11.3. The van der Waals surface area contributed by atoms with Gasteiger partial charge in [-0.25, -0.2) is 4.79 Å². The number of hydrogen-bond donors (Lipinski definition) is 1. The molecule has 2 heterocycles. The summed E-state index contributed by atoms with van der Waals surface area (Å²) in [4.78, 5) is 16.6. The minimum atomic E-state index is -1.20. The molecule has 0 radical (unpaired) electrons. The van der Waals surface area contributed by atoms with Crippen molar-refractivity contribution in [3.63, 3.8) is 0 Å². The molecule has 41 heavy (non-hydrogen) atoms. The standard InChI is InChI=1S/C36H41N3O2/c37-25-30(36(40)41)9-1-6-16-33(26-17-19-34-28(23-26)10-7-21-38(34)31-12-2-3-13-31)27-18-20-35-29(24-27)11-8-22-39(35)32-14-4-5-15-32/h1,6,9,16-20,23-24,31-32H,2-5,7-8,10-15,21-22H2,(H,40,41). The van der Waals surface area contributed by atoms with E-state index in [1.807, 2.05) is 6.08 Å². The van der Waals surface area contributed by atoms with Crippen LogP contribution in [0, 0.1) is 11.3 Å². The van der Waals surface area contributed by atoms with Crippen LogP contribution in [0.1, 0.15) is 86.5 Å².